The Morgan fingerprint density at radius 2 is 1.26 bits per heavy atom. The molecule has 0 aliphatic carbocycles. The molecule has 348 valence electrons. The number of halogens is 3. The van der Waals surface area contributed by atoms with Gasteiger partial charge in [0.25, 0.3) is 0 Å². The Morgan fingerprint density at radius 1 is 0.667 bits per heavy atom. The van der Waals surface area contributed by atoms with E-state index in [1.807, 2.05) is 54.6 Å². The zero-order valence-corrected chi connectivity index (χ0v) is 37.3. The van der Waals surface area contributed by atoms with Gasteiger partial charge in [0.1, 0.15) is 36.2 Å². The van der Waals surface area contributed by atoms with Gasteiger partial charge in [-0.2, -0.15) is 18.4 Å². The molecule has 0 spiro atoms. The minimum atomic E-state index is -4.66. The Bertz CT molecular complexity index is 3230. The van der Waals surface area contributed by atoms with E-state index in [-0.39, 0.29) is 24.4 Å². The number of nitrogens with one attached hydrogen (secondary N) is 2. The number of alkyl halides is 3. The molecule has 2 aliphatic rings. The second-order valence-electron chi connectivity index (χ2n) is 17.3. The quantitative estimate of drug-likeness (QED) is 0.104. The molecule has 6 aromatic carbocycles. The number of para-hydroxylation sites is 1. The summed E-state index contributed by atoms with van der Waals surface area (Å²) in [6, 6.07) is 42.2. The number of hydrogen-bond acceptors (Lipinski definition) is 8. The van der Waals surface area contributed by atoms with Gasteiger partial charge in [-0.05, 0) is 146 Å². The number of aromatic nitrogens is 2. The van der Waals surface area contributed by atoms with E-state index in [2.05, 4.69) is 92.6 Å². The molecule has 4 heterocycles. The van der Waals surface area contributed by atoms with Crippen LogP contribution in [0.1, 0.15) is 33.4 Å². The molecule has 2 atom stereocenters. The summed E-state index contributed by atoms with van der Waals surface area (Å²) in [5.74, 6) is 2.00. The molecule has 2 N–H and O–H groups in total. The third-order valence-electron chi connectivity index (χ3n) is 12.4. The molecule has 0 saturated carbocycles. The Balaban J connectivity index is 0.893. The Hall–Kier alpha value is -8.22. The average Bonchev–Trinajstić information content (AvgIpc) is 4.14. The van der Waals surface area contributed by atoms with E-state index in [1.165, 1.54) is 11.6 Å². The number of carbonyl (C=O) groups is 2. The molecule has 10 rings (SSSR count). The lowest BCUT2D eigenvalue weighted by atomic mass is 10.0. The fourth-order valence-electron chi connectivity index (χ4n) is 9.06. The number of cyclic esters (lactones) is 2. The van der Waals surface area contributed by atoms with Crippen LogP contribution in [-0.4, -0.2) is 65.1 Å². The van der Waals surface area contributed by atoms with E-state index in [9.17, 15) is 28.0 Å². The summed E-state index contributed by atoms with van der Waals surface area (Å²) >= 11 is 0. The molecule has 0 radical (unpaired) electrons. The van der Waals surface area contributed by atoms with Crippen molar-refractivity contribution in [1.29, 1.82) is 5.26 Å². The highest BCUT2D eigenvalue weighted by Gasteiger charge is 2.34. The van der Waals surface area contributed by atoms with Crippen LogP contribution in [0.5, 0.6) is 23.0 Å². The molecule has 2 aliphatic heterocycles. The first-order valence-electron chi connectivity index (χ1n) is 22.5. The summed E-state index contributed by atoms with van der Waals surface area (Å²) in [5.41, 5.74) is 6.69. The molecule has 2 saturated heterocycles. The molecule has 2 aromatic heterocycles. The van der Waals surface area contributed by atoms with Crippen LogP contribution in [0.4, 0.5) is 22.8 Å². The largest absolute Gasteiger partial charge is 0.457 e. The van der Waals surface area contributed by atoms with E-state index < -0.39 is 29.5 Å². The van der Waals surface area contributed by atoms with Crippen LogP contribution >= 0.6 is 0 Å². The van der Waals surface area contributed by atoms with Gasteiger partial charge >= 0.3 is 18.4 Å². The number of carbonyl (C=O) groups excluding carboxylic acids is 2. The highest BCUT2D eigenvalue weighted by atomic mass is 19.4. The van der Waals surface area contributed by atoms with E-state index in [0.717, 1.165) is 86.5 Å². The molecule has 15 heteroatoms. The summed E-state index contributed by atoms with van der Waals surface area (Å²) in [7, 11) is 2.10. The molecule has 12 nitrogen and oxygen atoms in total. The standard InChI is InChI=1S/C54H45F3N6O6/c1-61(22-21-36-30-62(41-9-13-44(14-10-41)68-43-5-3-2-4-6-43)50-20-8-34(24-48(36)50)23-39-32-66-52(64)59-39)29-35-7-18-47-38(26-40-33-67-53(65)60-40)31-63(51(47)25-35)42-11-15-45(16-12-42)69-46-17-19-49(54(55,56)57)37(27-46)28-58/h2-20,24-25,27,30-31,39-40H,21-23,26,29,32-33H2,1H3,(H,59,64)(H,60,65)/t39-,40-/m0/s1. The third kappa shape index (κ3) is 9.93. The molecule has 69 heavy (non-hydrogen) atoms. The van der Waals surface area contributed by atoms with Gasteiger partial charge in [-0.15, -0.1) is 0 Å². The monoisotopic (exact) mass is 930 g/mol. The summed E-state index contributed by atoms with van der Waals surface area (Å²) in [4.78, 5) is 26.0. The minimum absolute atomic E-state index is 0.0928. The van der Waals surface area contributed by atoms with Crippen LogP contribution in [0.15, 0.2) is 146 Å². The van der Waals surface area contributed by atoms with Crippen LogP contribution in [0.3, 0.4) is 0 Å². The van der Waals surface area contributed by atoms with Crippen molar-refractivity contribution in [2.24, 2.45) is 0 Å². The molecule has 0 unspecified atom stereocenters. The molecule has 2 fully saturated rings. The van der Waals surface area contributed by atoms with Gasteiger partial charge < -0.3 is 43.6 Å². The second-order valence-corrected chi connectivity index (χ2v) is 17.3. The molecule has 0 bridgehead atoms. The average molecular weight is 931 g/mol. The van der Waals surface area contributed by atoms with E-state index in [1.54, 1.807) is 18.2 Å². The Morgan fingerprint density at radius 3 is 1.90 bits per heavy atom. The van der Waals surface area contributed by atoms with Gasteiger partial charge in [0.2, 0.25) is 0 Å². The number of ether oxygens (including phenoxy) is 4. The van der Waals surface area contributed by atoms with Crippen LogP contribution in [-0.2, 0) is 41.5 Å². The molecule has 2 amide bonds. The number of rotatable bonds is 15. The van der Waals surface area contributed by atoms with Crippen molar-refractivity contribution < 1.29 is 41.7 Å². The van der Waals surface area contributed by atoms with Gasteiger partial charge in [-0.25, -0.2) is 9.59 Å². The summed E-state index contributed by atoms with van der Waals surface area (Å²) in [6.45, 7) is 2.00. The zero-order valence-electron chi connectivity index (χ0n) is 37.3. The number of nitrogens with zero attached hydrogens (tertiary/aromatic N) is 4. The number of benzene rings is 6. The van der Waals surface area contributed by atoms with Crippen molar-refractivity contribution in [2.75, 3.05) is 26.8 Å². The van der Waals surface area contributed by atoms with Gasteiger partial charge in [0.15, 0.2) is 0 Å². The van der Waals surface area contributed by atoms with Crippen molar-refractivity contribution in [1.82, 2.24) is 24.7 Å². The lowest BCUT2D eigenvalue weighted by Crippen LogP contribution is -2.28. The fourth-order valence-corrected chi connectivity index (χ4v) is 9.06. The van der Waals surface area contributed by atoms with E-state index >= 15 is 0 Å². The van der Waals surface area contributed by atoms with Crippen molar-refractivity contribution >= 4 is 34.0 Å². The molecular weight excluding hydrogens is 886 g/mol. The number of nitriles is 1. The van der Waals surface area contributed by atoms with Crippen molar-refractivity contribution in [3.8, 4) is 40.4 Å². The lowest BCUT2D eigenvalue weighted by molar-refractivity contribution is -0.137. The highest BCUT2D eigenvalue weighted by molar-refractivity contribution is 5.88. The lowest BCUT2D eigenvalue weighted by Gasteiger charge is -2.17. The van der Waals surface area contributed by atoms with Gasteiger partial charge in [0, 0.05) is 47.6 Å². The number of alkyl carbamates (subject to hydrolysis) is 2. The predicted molar refractivity (Wildman–Crippen MR) is 253 cm³/mol. The van der Waals surface area contributed by atoms with Crippen molar-refractivity contribution in [3.05, 3.63) is 179 Å². The number of hydrogen-bond donors (Lipinski definition) is 2. The van der Waals surface area contributed by atoms with Crippen LogP contribution < -0.4 is 20.1 Å². The van der Waals surface area contributed by atoms with Crippen molar-refractivity contribution in [3.63, 3.8) is 0 Å². The predicted octanol–water partition coefficient (Wildman–Crippen LogP) is 11.0. The number of fused-ring (bicyclic) bond motifs is 2. The van der Waals surface area contributed by atoms with E-state index in [0.29, 0.717) is 31.7 Å². The SMILES string of the molecule is CN(CCc1cn(-c2ccc(Oc3ccccc3)cc2)c2ccc(C[C@H]3COC(=O)N3)cc12)Cc1ccc2c(C[C@H]3COC(=O)N3)cn(-c3ccc(Oc4ccc(C(F)(F)F)c(C#N)c4)cc3)c2c1. The Labute approximate surface area is 395 Å². The maximum Gasteiger partial charge on any atom is 0.417 e. The highest BCUT2D eigenvalue weighted by Crippen LogP contribution is 2.36. The fraction of sp³-hybridized carbons (Fsp3) is 0.204. The van der Waals surface area contributed by atoms with Crippen LogP contribution in [0.2, 0.25) is 0 Å². The molecular formula is C54H45F3N6O6. The smallest absolute Gasteiger partial charge is 0.417 e. The summed E-state index contributed by atoms with van der Waals surface area (Å²) < 4.78 is 66.8. The maximum absolute atomic E-state index is 13.4. The topological polar surface area (TPSA) is 132 Å². The first-order chi connectivity index (χ1) is 33.4. The van der Waals surface area contributed by atoms with Gasteiger partial charge in [-0.3, -0.25) is 0 Å². The van der Waals surface area contributed by atoms with Crippen molar-refractivity contribution in [2.45, 2.75) is 44.1 Å². The van der Waals surface area contributed by atoms with E-state index in [4.69, 9.17) is 18.9 Å². The first-order valence-corrected chi connectivity index (χ1v) is 22.5. The van der Waals surface area contributed by atoms with Crippen LogP contribution in [0.25, 0.3) is 33.2 Å². The molecule has 8 aromatic rings. The van der Waals surface area contributed by atoms with Gasteiger partial charge in [0.05, 0.1) is 40.3 Å². The first kappa shape index (κ1) is 44.6. The summed E-state index contributed by atoms with van der Waals surface area (Å²) in [6.07, 6.45) is 0.725. The number of amides is 2. The zero-order chi connectivity index (χ0) is 47.6. The summed E-state index contributed by atoms with van der Waals surface area (Å²) in [5, 5.41) is 17.3. The van der Waals surface area contributed by atoms with Crippen LogP contribution in [0, 0.1) is 11.3 Å². The minimum Gasteiger partial charge on any atom is -0.457 e. The maximum atomic E-state index is 13.4. The number of likely N-dealkylation sites (N-methyl/N-ethyl adjacent to an activating group) is 1. The third-order valence-corrected chi connectivity index (χ3v) is 12.4. The normalized spacial score (nSPS) is 15.8. The van der Waals surface area contributed by atoms with Gasteiger partial charge in [-0.1, -0.05) is 36.4 Å². The second kappa shape index (κ2) is 18.8. The Kier molecular flexibility index (Phi) is 12.2.